The van der Waals surface area contributed by atoms with E-state index in [1.165, 1.54) is 6.26 Å². The number of anilines is 2. The van der Waals surface area contributed by atoms with Crippen LogP contribution in [0.15, 0.2) is 18.2 Å². The Labute approximate surface area is 107 Å². The van der Waals surface area contributed by atoms with Crippen LogP contribution in [0.4, 0.5) is 11.4 Å². The molecule has 1 aromatic rings. The van der Waals surface area contributed by atoms with E-state index in [1.54, 1.807) is 7.11 Å². The average molecular weight is 270 g/mol. The van der Waals surface area contributed by atoms with Gasteiger partial charge >= 0.3 is 0 Å². The molecule has 1 unspecified atom stereocenters. The lowest BCUT2D eigenvalue weighted by Gasteiger charge is -2.28. The van der Waals surface area contributed by atoms with Gasteiger partial charge in [0.15, 0.2) is 0 Å². The fourth-order valence-corrected chi connectivity index (χ4v) is 2.67. The van der Waals surface area contributed by atoms with Crippen molar-refractivity contribution < 1.29 is 13.2 Å². The zero-order chi connectivity index (χ0) is 13.2. The second-order valence-electron chi connectivity index (χ2n) is 4.55. The lowest BCUT2D eigenvalue weighted by Crippen LogP contribution is -2.34. The minimum atomic E-state index is -2.91. The predicted octanol–water partition coefficient (Wildman–Crippen LogP) is 1.34. The Hall–Kier alpha value is -1.43. The zero-order valence-corrected chi connectivity index (χ0v) is 11.4. The highest BCUT2D eigenvalue weighted by Gasteiger charge is 2.18. The molecule has 0 saturated carbocycles. The number of methoxy groups -OCH3 is 1. The molecule has 0 radical (unpaired) electrons. The smallest absolute Gasteiger partial charge is 0.147 e. The molecular weight excluding hydrogens is 252 g/mol. The Morgan fingerprint density at radius 3 is 2.83 bits per heavy atom. The van der Waals surface area contributed by atoms with Crippen molar-refractivity contribution in [2.24, 2.45) is 0 Å². The zero-order valence-electron chi connectivity index (χ0n) is 10.6. The van der Waals surface area contributed by atoms with E-state index in [1.807, 2.05) is 18.2 Å². The van der Waals surface area contributed by atoms with Crippen LogP contribution in [0.1, 0.15) is 6.42 Å². The van der Waals surface area contributed by atoms with Gasteiger partial charge < -0.3 is 15.4 Å². The van der Waals surface area contributed by atoms with E-state index in [2.05, 4.69) is 10.6 Å². The Morgan fingerprint density at radius 1 is 1.39 bits per heavy atom. The van der Waals surface area contributed by atoms with Gasteiger partial charge in [0.2, 0.25) is 0 Å². The third kappa shape index (κ3) is 3.29. The van der Waals surface area contributed by atoms with Crippen molar-refractivity contribution >= 4 is 21.2 Å². The van der Waals surface area contributed by atoms with Gasteiger partial charge in [-0.3, -0.25) is 0 Å². The summed E-state index contributed by atoms with van der Waals surface area (Å²) in [6.45, 7) is 0.731. The lowest BCUT2D eigenvalue weighted by molar-refractivity contribution is 0.415. The number of hydrogen-bond acceptors (Lipinski definition) is 5. The van der Waals surface area contributed by atoms with Crippen LogP contribution < -0.4 is 15.4 Å². The summed E-state index contributed by atoms with van der Waals surface area (Å²) in [7, 11) is -1.28. The monoisotopic (exact) mass is 270 g/mol. The van der Waals surface area contributed by atoms with Gasteiger partial charge in [-0.1, -0.05) is 0 Å². The SMILES string of the molecule is COc1ccc2c(c1)NC(CCS(C)(=O)=O)CN2. The highest BCUT2D eigenvalue weighted by Crippen LogP contribution is 2.30. The Kier molecular flexibility index (Phi) is 3.65. The molecule has 0 spiro atoms. The van der Waals surface area contributed by atoms with Crippen molar-refractivity contribution in [3.63, 3.8) is 0 Å². The van der Waals surface area contributed by atoms with Crippen LogP contribution in [0.2, 0.25) is 0 Å². The van der Waals surface area contributed by atoms with E-state index >= 15 is 0 Å². The second-order valence-corrected chi connectivity index (χ2v) is 6.81. The largest absolute Gasteiger partial charge is 0.497 e. The summed E-state index contributed by atoms with van der Waals surface area (Å²) < 4.78 is 27.5. The molecule has 0 saturated heterocycles. The number of nitrogens with one attached hydrogen (secondary N) is 2. The van der Waals surface area contributed by atoms with Crippen LogP contribution >= 0.6 is 0 Å². The molecule has 2 N–H and O–H groups in total. The maximum atomic E-state index is 11.2. The molecule has 5 nitrogen and oxygen atoms in total. The molecule has 0 fully saturated rings. The topological polar surface area (TPSA) is 67.4 Å². The van der Waals surface area contributed by atoms with Gasteiger partial charge in [-0.15, -0.1) is 0 Å². The first-order valence-corrected chi connectivity index (χ1v) is 7.90. The van der Waals surface area contributed by atoms with E-state index in [-0.39, 0.29) is 11.8 Å². The third-order valence-electron chi connectivity index (χ3n) is 2.96. The number of benzene rings is 1. The van der Waals surface area contributed by atoms with Gasteiger partial charge in [-0.2, -0.15) is 0 Å². The van der Waals surface area contributed by atoms with Gasteiger partial charge in [-0.05, 0) is 18.6 Å². The van der Waals surface area contributed by atoms with Crippen LogP contribution in [0.25, 0.3) is 0 Å². The van der Waals surface area contributed by atoms with E-state index in [0.717, 1.165) is 23.7 Å². The molecule has 1 aliphatic rings. The molecular formula is C12H18N2O3S. The van der Waals surface area contributed by atoms with E-state index in [4.69, 9.17) is 4.74 Å². The minimum Gasteiger partial charge on any atom is -0.497 e. The molecule has 1 aliphatic heterocycles. The molecule has 18 heavy (non-hydrogen) atoms. The molecule has 6 heteroatoms. The number of hydrogen-bond donors (Lipinski definition) is 2. The summed E-state index contributed by atoms with van der Waals surface area (Å²) in [6.07, 6.45) is 1.86. The fourth-order valence-electron chi connectivity index (χ4n) is 1.96. The van der Waals surface area contributed by atoms with Crippen molar-refractivity contribution in [3.05, 3.63) is 18.2 Å². The van der Waals surface area contributed by atoms with E-state index in [0.29, 0.717) is 6.42 Å². The van der Waals surface area contributed by atoms with Gasteiger partial charge in [0, 0.05) is 24.9 Å². The quantitative estimate of drug-likeness (QED) is 0.864. The number of ether oxygens (including phenoxy) is 1. The maximum Gasteiger partial charge on any atom is 0.147 e. The van der Waals surface area contributed by atoms with Gasteiger partial charge in [0.05, 0.1) is 24.2 Å². The first-order valence-electron chi connectivity index (χ1n) is 5.84. The molecule has 1 atom stereocenters. The number of sulfone groups is 1. The lowest BCUT2D eigenvalue weighted by atomic mass is 10.1. The Bertz CT molecular complexity index is 528. The first kappa shape index (κ1) is 13.0. The molecule has 1 aromatic carbocycles. The van der Waals surface area contributed by atoms with Crippen LogP contribution in [0, 0.1) is 0 Å². The predicted molar refractivity (Wildman–Crippen MR) is 73.2 cm³/mol. The third-order valence-corrected chi connectivity index (χ3v) is 3.94. The molecule has 2 rings (SSSR count). The molecule has 1 heterocycles. The van der Waals surface area contributed by atoms with Gasteiger partial charge in [0.25, 0.3) is 0 Å². The molecule has 0 aliphatic carbocycles. The van der Waals surface area contributed by atoms with Crippen molar-refractivity contribution in [1.29, 1.82) is 0 Å². The fraction of sp³-hybridized carbons (Fsp3) is 0.500. The summed E-state index contributed by atoms with van der Waals surface area (Å²) in [5, 5.41) is 6.62. The molecule has 0 bridgehead atoms. The number of fused-ring (bicyclic) bond motifs is 1. The molecule has 100 valence electrons. The van der Waals surface area contributed by atoms with E-state index < -0.39 is 9.84 Å². The Balaban J connectivity index is 2.04. The van der Waals surface area contributed by atoms with Crippen LogP contribution in [0.5, 0.6) is 5.75 Å². The van der Waals surface area contributed by atoms with Crippen LogP contribution in [-0.4, -0.2) is 40.1 Å². The highest BCUT2D eigenvalue weighted by molar-refractivity contribution is 7.90. The summed E-state index contributed by atoms with van der Waals surface area (Å²) in [5.74, 6) is 0.984. The minimum absolute atomic E-state index is 0.124. The second kappa shape index (κ2) is 5.06. The van der Waals surface area contributed by atoms with Crippen LogP contribution in [0.3, 0.4) is 0 Å². The van der Waals surface area contributed by atoms with Crippen LogP contribution in [-0.2, 0) is 9.84 Å². The van der Waals surface area contributed by atoms with Crippen molar-refractivity contribution in [2.45, 2.75) is 12.5 Å². The van der Waals surface area contributed by atoms with Crippen molar-refractivity contribution in [2.75, 3.05) is 36.3 Å². The summed E-state index contributed by atoms with van der Waals surface area (Å²) in [5.41, 5.74) is 1.98. The standard InChI is InChI=1S/C12H18N2O3S/c1-17-10-3-4-11-12(7-10)14-9(8-13-11)5-6-18(2,15)16/h3-4,7,9,13-14H,5-6,8H2,1-2H3. The van der Waals surface area contributed by atoms with Gasteiger partial charge in [0.1, 0.15) is 15.6 Å². The summed E-state index contributed by atoms with van der Waals surface area (Å²) >= 11 is 0. The normalized spacial score (nSPS) is 18.4. The Morgan fingerprint density at radius 2 is 2.17 bits per heavy atom. The van der Waals surface area contributed by atoms with Gasteiger partial charge in [-0.25, -0.2) is 8.42 Å². The van der Waals surface area contributed by atoms with Crippen molar-refractivity contribution in [3.8, 4) is 5.75 Å². The van der Waals surface area contributed by atoms with Crippen molar-refractivity contribution in [1.82, 2.24) is 0 Å². The maximum absolute atomic E-state index is 11.2. The highest BCUT2D eigenvalue weighted by atomic mass is 32.2. The number of rotatable bonds is 4. The molecule has 0 aromatic heterocycles. The first-order chi connectivity index (χ1) is 8.48. The van der Waals surface area contributed by atoms with E-state index in [9.17, 15) is 8.42 Å². The summed E-state index contributed by atoms with van der Waals surface area (Å²) in [4.78, 5) is 0. The molecule has 0 amide bonds. The summed E-state index contributed by atoms with van der Waals surface area (Å²) in [6, 6.07) is 5.88. The average Bonchev–Trinajstić information content (AvgIpc) is 2.34.